The van der Waals surface area contributed by atoms with Gasteiger partial charge in [0.2, 0.25) is 0 Å². The van der Waals surface area contributed by atoms with Gasteiger partial charge >= 0.3 is 0 Å². The summed E-state index contributed by atoms with van der Waals surface area (Å²) >= 11 is 0. The number of anilines is 1. The first-order valence-corrected chi connectivity index (χ1v) is 9.44. The summed E-state index contributed by atoms with van der Waals surface area (Å²) in [5.41, 5.74) is 4.46. The van der Waals surface area contributed by atoms with E-state index in [0.717, 1.165) is 12.1 Å². The highest BCUT2D eigenvalue weighted by atomic mass is 16.5. The lowest BCUT2D eigenvalue weighted by atomic mass is 9.94. The van der Waals surface area contributed by atoms with Crippen LogP contribution in [0.25, 0.3) is 0 Å². The number of nitrogens with one attached hydrogen (secondary N) is 1. The third-order valence-corrected chi connectivity index (χ3v) is 5.72. The highest BCUT2D eigenvalue weighted by Gasteiger charge is 2.44. The van der Waals surface area contributed by atoms with Gasteiger partial charge in [-0.2, -0.15) is 0 Å². The topological polar surface area (TPSA) is 58.6 Å². The van der Waals surface area contributed by atoms with Crippen LogP contribution in [0.4, 0.5) is 5.69 Å². The lowest BCUT2D eigenvalue weighted by molar-refractivity contribution is -0.116. The van der Waals surface area contributed by atoms with Crippen LogP contribution in [0, 0.1) is 0 Å². The third-order valence-electron chi connectivity index (χ3n) is 5.72. The van der Waals surface area contributed by atoms with Crippen molar-refractivity contribution in [1.29, 1.82) is 0 Å². The molecule has 2 aromatic rings. The molecule has 2 amide bonds. The Balaban J connectivity index is 1.45. The number of para-hydroxylation sites is 1. The van der Waals surface area contributed by atoms with Gasteiger partial charge in [-0.05, 0) is 42.7 Å². The van der Waals surface area contributed by atoms with Crippen molar-refractivity contribution in [2.24, 2.45) is 0 Å². The normalized spacial score (nSPS) is 26.9. The molecule has 1 saturated heterocycles. The quantitative estimate of drug-likeness (QED) is 0.666. The van der Waals surface area contributed by atoms with Gasteiger partial charge in [0.1, 0.15) is 0 Å². The summed E-state index contributed by atoms with van der Waals surface area (Å²) < 4.78 is 5.99. The summed E-state index contributed by atoms with van der Waals surface area (Å²) in [6.45, 7) is 1.78. The van der Waals surface area contributed by atoms with Gasteiger partial charge in [0, 0.05) is 23.2 Å². The number of amides is 2. The minimum Gasteiger partial charge on any atom is -0.474 e. The molecule has 3 aliphatic rings. The van der Waals surface area contributed by atoms with Gasteiger partial charge in [-0.1, -0.05) is 42.5 Å². The van der Waals surface area contributed by atoms with Crippen LogP contribution >= 0.6 is 0 Å². The van der Waals surface area contributed by atoms with Crippen LogP contribution in [0.3, 0.4) is 0 Å². The molecule has 1 N–H and O–H groups in total. The Morgan fingerprint density at radius 1 is 1.07 bits per heavy atom. The standard InChI is InChI=1S/C23H20N2O3/c1-14-11-20(25(23(14)27)16-8-3-2-4-9-16)28-13-18-21-17-10-6-5-7-15(17)12-19(21)24-22(18)26/h2-11,13,19-21H,12H2,1H3,(H,24,26)/b18-13+. The zero-order chi connectivity index (χ0) is 19.3. The molecule has 1 fully saturated rings. The number of nitrogens with zero attached hydrogens (tertiary/aromatic N) is 1. The summed E-state index contributed by atoms with van der Waals surface area (Å²) in [4.78, 5) is 26.7. The van der Waals surface area contributed by atoms with Gasteiger partial charge in [0.15, 0.2) is 6.23 Å². The molecule has 5 nitrogen and oxygen atoms in total. The Labute approximate surface area is 163 Å². The minimum absolute atomic E-state index is 0.00365. The van der Waals surface area contributed by atoms with Crippen LogP contribution in [0.1, 0.15) is 24.0 Å². The fraction of sp³-hybridized carbons (Fsp3) is 0.217. The summed E-state index contributed by atoms with van der Waals surface area (Å²) in [6.07, 6.45) is 3.61. The Bertz CT molecular complexity index is 1030. The second-order valence-corrected chi connectivity index (χ2v) is 7.42. The molecule has 0 radical (unpaired) electrons. The third kappa shape index (κ3) is 2.54. The van der Waals surface area contributed by atoms with Crippen molar-refractivity contribution in [2.75, 3.05) is 4.90 Å². The second kappa shape index (κ2) is 6.37. The molecular formula is C23H20N2O3. The zero-order valence-corrected chi connectivity index (χ0v) is 15.5. The van der Waals surface area contributed by atoms with E-state index in [4.69, 9.17) is 4.74 Å². The average molecular weight is 372 g/mol. The van der Waals surface area contributed by atoms with E-state index in [1.54, 1.807) is 24.2 Å². The molecule has 0 bridgehead atoms. The van der Waals surface area contributed by atoms with Gasteiger partial charge < -0.3 is 10.1 Å². The average Bonchev–Trinajstić information content (AvgIpc) is 3.30. The first kappa shape index (κ1) is 16.8. The molecular weight excluding hydrogens is 352 g/mol. The summed E-state index contributed by atoms with van der Waals surface area (Å²) in [6, 6.07) is 17.7. The van der Waals surface area contributed by atoms with E-state index in [1.165, 1.54) is 11.1 Å². The highest BCUT2D eigenvalue weighted by molar-refractivity contribution is 6.08. The summed E-state index contributed by atoms with van der Waals surface area (Å²) in [7, 11) is 0. The molecule has 28 heavy (non-hydrogen) atoms. The van der Waals surface area contributed by atoms with E-state index in [2.05, 4.69) is 17.4 Å². The Kier molecular flexibility index (Phi) is 3.83. The molecule has 0 saturated carbocycles. The van der Waals surface area contributed by atoms with Crippen LogP contribution in [0.15, 0.2) is 78.1 Å². The number of ether oxygens (including phenoxy) is 1. The summed E-state index contributed by atoms with van der Waals surface area (Å²) in [5, 5.41) is 3.07. The first-order chi connectivity index (χ1) is 13.6. The largest absolute Gasteiger partial charge is 0.474 e. The molecule has 5 heteroatoms. The second-order valence-electron chi connectivity index (χ2n) is 7.42. The van der Waals surface area contributed by atoms with Gasteiger partial charge in [-0.3, -0.25) is 14.5 Å². The van der Waals surface area contributed by atoms with Crippen molar-refractivity contribution in [1.82, 2.24) is 5.32 Å². The monoisotopic (exact) mass is 372 g/mol. The van der Waals surface area contributed by atoms with E-state index in [-0.39, 0.29) is 23.8 Å². The van der Waals surface area contributed by atoms with Crippen LogP contribution < -0.4 is 10.2 Å². The van der Waals surface area contributed by atoms with E-state index in [1.807, 2.05) is 42.5 Å². The van der Waals surface area contributed by atoms with Crippen molar-refractivity contribution in [3.63, 3.8) is 0 Å². The van der Waals surface area contributed by atoms with Crippen LogP contribution in [-0.2, 0) is 20.7 Å². The molecule has 140 valence electrons. The maximum absolute atomic E-state index is 12.6. The van der Waals surface area contributed by atoms with Crippen molar-refractivity contribution < 1.29 is 14.3 Å². The van der Waals surface area contributed by atoms with Gasteiger partial charge in [-0.15, -0.1) is 0 Å². The SMILES string of the molecule is CC1=CC(O/C=C2/C(=O)NC3Cc4ccccc4C23)N(c2ccccc2)C1=O. The Hall–Kier alpha value is -3.34. The number of hydrogen-bond donors (Lipinski definition) is 1. The Morgan fingerprint density at radius 2 is 1.82 bits per heavy atom. The molecule has 3 unspecified atom stereocenters. The lowest BCUT2D eigenvalue weighted by Crippen LogP contribution is -2.35. The molecule has 2 heterocycles. The fourth-order valence-electron chi connectivity index (χ4n) is 4.39. The van der Waals surface area contributed by atoms with Crippen molar-refractivity contribution in [3.8, 4) is 0 Å². The molecule has 0 spiro atoms. The first-order valence-electron chi connectivity index (χ1n) is 9.44. The van der Waals surface area contributed by atoms with Crippen molar-refractivity contribution >= 4 is 17.5 Å². The zero-order valence-electron chi connectivity index (χ0n) is 15.5. The molecule has 2 aromatic carbocycles. The van der Waals surface area contributed by atoms with Gasteiger partial charge in [-0.25, -0.2) is 0 Å². The smallest absolute Gasteiger partial charge is 0.257 e. The lowest BCUT2D eigenvalue weighted by Gasteiger charge is -2.24. The number of rotatable bonds is 3. The van der Waals surface area contributed by atoms with E-state index in [9.17, 15) is 9.59 Å². The molecule has 1 aliphatic carbocycles. The maximum Gasteiger partial charge on any atom is 0.257 e. The van der Waals surface area contributed by atoms with E-state index < -0.39 is 6.23 Å². The minimum atomic E-state index is -0.564. The van der Waals surface area contributed by atoms with Crippen LogP contribution in [0.2, 0.25) is 0 Å². The number of benzene rings is 2. The van der Waals surface area contributed by atoms with Gasteiger partial charge in [0.05, 0.1) is 11.8 Å². The Morgan fingerprint density at radius 3 is 2.64 bits per heavy atom. The number of fused-ring (bicyclic) bond motifs is 3. The van der Waals surface area contributed by atoms with Crippen molar-refractivity contribution in [2.45, 2.75) is 31.5 Å². The van der Waals surface area contributed by atoms with E-state index in [0.29, 0.717) is 11.1 Å². The van der Waals surface area contributed by atoms with Crippen LogP contribution in [0.5, 0.6) is 0 Å². The maximum atomic E-state index is 12.6. The summed E-state index contributed by atoms with van der Waals surface area (Å²) in [5.74, 6) is -0.189. The molecule has 0 aromatic heterocycles. The predicted molar refractivity (Wildman–Crippen MR) is 105 cm³/mol. The molecule has 3 atom stereocenters. The van der Waals surface area contributed by atoms with Crippen molar-refractivity contribution in [3.05, 3.63) is 89.2 Å². The highest BCUT2D eigenvalue weighted by Crippen LogP contribution is 2.42. The molecule has 5 rings (SSSR count). The van der Waals surface area contributed by atoms with Gasteiger partial charge in [0.25, 0.3) is 11.8 Å². The van der Waals surface area contributed by atoms with E-state index >= 15 is 0 Å². The van der Waals surface area contributed by atoms with Crippen LogP contribution in [-0.4, -0.2) is 24.1 Å². The molecule has 2 aliphatic heterocycles. The number of carbonyl (C=O) groups is 2. The fourth-order valence-corrected chi connectivity index (χ4v) is 4.39. The number of carbonyl (C=O) groups excluding carboxylic acids is 2. The number of hydrogen-bond acceptors (Lipinski definition) is 3. The predicted octanol–water partition coefficient (Wildman–Crippen LogP) is 3.04.